The van der Waals surface area contributed by atoms with Gasteiger partial charge in [-0.05, 0) is 35.1 Å². The minimum atomic E-state index is -0.548. The van der Waals surface area contributed by atoms with Crippen LogP contribution in [0, 0.1) is 5.92 Å². The Morgan fingerprint density at radius 1 is 1.14 bits per heavy atom. The van der Waals surface area contributed by atoms with Crippen LogP contribution in [0.4, 0.5) is 0 Å². The van der Waals surface area contributed by atoms with E-state index in [-0.39, 0.29) is 0 Å². The molecule has 0 amide bonds. The number of benzene rings is 2. The largest absolute Gasteiger partial charge is 0.386 e. The monoisotopic (exact) mass is 284 g/mol. The molecule has 1 saturated carbocycles. The van der Waals surface area contributed by atoms with Gasteiger partial charge in [0, 0.05) is 0 Å². The van der Waals surface area contributed by atoms with Crippen molar-refractivity contribution in [2.75, 3.05) is 6.61 Å². The quantitative estimate of drug-likeness (QED) is 0.897. The summed E-state index contributed by atoms with van der Waals surface area (Å²) in [6, 6.07) is 14.3. The van der Waals surface area contributed by atoms with E-state index in [2.05, 4.69) is 25.1 Å². The van der Waals surface area contributed by atoms with Crippen LogP contribution in [0.5, 0.6) is 0 Å². The molecule has 0 radical (unpaired) electrons. The van der Waals surface area contributed by atoms with Crippen molar-refractivity contribution in [2.45, 2.75) is 44.8 Å². The lowest BCUT2D eigenvalue weighted by atomic mass is 9.89. The Kier molecular flexibility index (Phi) is 4.57. The van der Waals surface area contributed by atoms with E-state index in [0.717, 1.165) is 29.7 Å². The molecule has 0 bridgehead atoms. The van der Waals surface area contributed by atoms with E-state index in [9.17, 15) is 5.11 Å². The molecule has 1 aliphatic carbocycles. The van der Waals surface area contributed by atoms with Gasteiger partial charge in [-0.3, -0.25) is 0 Å². The molecule has 3 unspecified atom stereocenters. The normalized spacial score (nSPS) is 24.1. The molecule has 2 heteroatoms. The maximum Gasteiger partial charge on any atom is 0.103 e. The van der Waals surface area contributed by atoms with Crippen LogP contribution in [0.1, 0.15) is 44.3 Å². The van der Waals surface area contributed by atoms with Gasteiger partial charge in [-0.2, -0.15) is 0 Å². The van der Waals surface area contributed by atoms with Crippen LogP contribution < -0.4 is 0 Å². The van der Waals surface area contributed by atoms with Gasteiger partial charge >= 0.3 is 0 Å². The highest BCUT2D eigenvalue weighted by molar-refractivity contribution is 5.85. The smallest absolute Gasteiger partial charge is 0.103 e. The highest BCUT2D eigenvalue weighted by atomic mass is 16.5. The highest BCUT2D eigenvalue weighted by Crippen LogP contribution is 2.28. The van der Waals surface area contributed by atoms with Crippen molar-refractivity contribution in [3.05, 3.63) is 48.0 Å². The van der Waals surface area contributed by atoms with Crippen LogP contribution in [-0.2, 0) is 4.74 Å². The molecule has 0 heterocycles. The Morgan fingerprint density at radius 3 is 2.81 bits per heavy atom. The summed E-state index contributed by atoms with van der Waals surface area (Å²) in [5, 5.41) is 12.8. The fourth-order valence-electron chi connectivity index (χ4n) is 3.39. The Labute approximate surface area is 126 Å². The Bertz CT molecular complexity index is 588. The van der Waals surface area contributed by atoms with Crippen LogP contribution >= 0.6 is 0 Å². The lowest BCUT2D eigenvalue weighted by Gasteiger charge is -2.27. The van der Waals surface area contributed by atoms with E-state index in [1.807, 2.05) is 24.3 Å². The van der Waals surface area contributed by atoms with E-state index in [4.69, 9.17) is 4.74 Å². The number of ether oxygens (including phenoxy) is 1. The third-order valence-electron chi connectivity index (χ3n) is 4.56. The Balaban J connectivity index is 1.68. The van der Waals surface area contributed by atoms with Crippen molar-refractivity contribution in [3.63, 3.8) is 0 Å². The van der Waals surface area contributed by atoms with Crippen molar-refractivity contribution in [1.29, 1.82) is 0 Å². The fourth-order valence-corrected chi connectivity index (χ4v) is 3.39. The van der Waals surface area contributed by atoms with Gasteiger partial charge in [0.15, 0.2) is 0 Å². The molecule has 3 rings (SSSR count). The van der Waals surface area contributed by atoms with Gasteiger partial charge in [-0.25, -0.2) is 0 Å². The summed E-state index contributed by atoms with van der Waals surface area (Å²) in [5.74, 6) is 0.749. The molecule has 2 nitrogen and oxygen atoms in total. The molecule has 0 saturated heterocycles. The average Bonchev–Trinajstić information content (AvgIpc) is 2.52. The van der Waals surface area contributed by atoms with Crippen molar-refractivity contribution < 1.29 is 9.84 Å². The number of aliphatic hydroxyl groups is 1. The zero-order chi connectivity index (χ0) is 14.7. The maximum atomic E-state index is 10.5. The molecule has 2 aromatic carbocycles. The number of hydrogen-bond donors (Lipinski definition) is 1. The van der Waals surface area contributed by atoms with Crippen LogP contribution in [-0.4, -0.2) is 17.8 Å². The summed E-state index contributed by atoms with van der Waals surface area (Å²) < 4.78 is 5.97. The van der Waals surface area contributed by atoms with Gasteiger partial charge in [0.2, 0.25) is 0 Å². The first kappa shape index (κ1) is 14.6. The van der Waals surface area contributed by atoms with Crippen LogP contribution in [0.25, 0.3) is 10.8 Å². The molecule has 0 spiro atoms. The predicted octanol–water partition coefficient (Wildman–Crippen LogP) is 4.47. The van der Waals surface area contributed by atoms with E-state index in [1.54, 1.807) is 0 Å². The van der Waals surface area contributed by atoms with Crippen LogP contribution in [0.15, 0.2) is 42.5 Å². The maximum absolute atomic E-state index is 10.5. The van der Waals surface area contributed by atoms with Gasteiger partial charge in [0.1, 0.15) is 6.10 Å². The molecule has 1 N–H and O–H groups in total. The summed E-state index contributed by atoms with van der Waals surface area (Å²) in [6.07, 6.45) is 4.59. The number of fused-ring (bicyclic) bond motifs is 1. The summed E-state index contributed by atoms with van der Waals surface area (Å²) >= 11 is 0. The Hall–Kier alpha value is -1.38. The van der Waals surface area contributed by atoms with E-state index in [1.165, 1.54) is 18.2 Å². The van der Waals surface area contributed by atoms with Crippen molar-refractivity contribution in [1.82, 2.24) is 0 Å². The van der Waals surface area contributed by atoms with Gasteiger partial charge in [0.05, 0.1) is 12.7 Å². The lowest BCUT2D eigenvalue weighted by molar-refractivity contribution is -0.0318. The second-order valence-electron chi connectivity index (χ2n) is 6.31. The lowest BCUT2D eigenvalue weighted by Crippen LogP contribution is -2.23. The van der Waals surface area contributed by atoms with Gasteiger partial charge < -0.3 is 9.84 Å². The SMILES string of the molecule is CC1CCCC(OCC(O)c2cccc3ccccc23)C1. The molecule has 0 aromatic heterocycles. The van der Waals surface area contributed by atoms with E-state index in [0.29, 0.717) is 12.7 Å². The van der Waals surface area contributed by atoms with Gasteiger partial charge in [0.25, 0.3) is 0 Å². The van der Waals surface area contributed by atoms with E-state index < -0.39 is 6.10 Å². The molecule has 1 fully saturated rings. The van der Waals surface area contributed by atoms with Gasteiger partial charge in [-0.15, -0.1) is 0 Å². The molecule has 1 aliphatic rings. The molecule has 3 atom stereocenters. The third kappa shape index (κ3) is 3.45. The standard InChI is InChI=1S/C19H24O2/c1-14-6-4-9-16(12-14)21-13-19(20)18-11-5-8-15-7-2-3-10-17(15)18/h2-3,5,7-8,10-11,14,16,19-20H,4,6,9,12-13H2,1H3. The summed E-state index contributed by atoms with van der Waals surface area (Å²) in [4.78, 5) is 0. The first-order valence-electron chi connectivity index (χ1n) is 8.01. The fraction of sp³-hybridized carbons (Fsp3) is 0.474. The first-order valence-corrected chi connectivity index (χ1v) is 8.01. The molecule has 21 heavy (non-hydrogen) atoms. The third-order valence-corrected chi connectivity index (χ3v) is 4.56. The Morgan fingerprint density at radius 2 is 1.95 bits per heavy atom. The van der Waals surface area contributed by atoms with Crippen molar-refractivity contribution in [3.8, 4) is 0 Å². The van der Waals surface area contributed by atoms with Crippen molar-refractivity contribution in [2.24, 2.45) is 5.92 Å². The number of hydrogen-bond acceptors (Lipinski definition) is 2. The molecular weight excluding hydrogens is 260 g/mol. The predicted molar refractivity (Wildman–Crippen MR) is 86.3 cm³/mol. The zero-order valence-electron chi connectivity index (χ0n) is 12.7. The summed E-state index contributed by atoms with van der Waals surface area (Å²) in [6.45, 7) is 2.68. The number of aliphatic hydroxyl groups excluding tert-OH is 1. The van der Waals surface area contributed by atoms with E-state index >= 15 is 0 Å². The highest BCUT2D eigenvalue weighted by Gasteiger charge is 2.21. The van der Waals surface area contributed by atoms with Crippen LogP contribution in [0.2, 0.25) is 0 Å². The van der Waals surface area contributed by atoms with Crippen LogP contribution in [0.3, 0.4) is 0 Å². The minimum Gasteiger partial charge on any atom is -0.386 e. The zero-order valence-corrected chi connectivity index (χ0v) is 12.7. The molecular formula is C19H24O2. The molecule has 0 aliphatic heterocycles. The van der Waals surface area contributed by atoms with Crippen molar-refractivity contribution >= 4 is 10.8 Å². The average molecular weight is 284 g/mol. The van der Waals surface area contributed by atoms with Gasteiger partial charge in [-0.1, -0.05) is 62.2 Å². The second-order valence-corrected chi connectivity index (χ2v) is 6.31. The molecule has 2 aromatic rings. The first-order chi connectivity index (χ1) is 10.2. The summed E-state index contributed by atoms with van der Waals surface area (Å²) in [5.41, 5.74) is 0.969. The molecule has 112 valence electrons. The minimum absolute atomic E-state index is 0.318. The second kappa shape index (κ2) is 6.59. The number of rotatable bonds is 4. The topological polar surface area (TPSA) is 29.5 Å². The summed E-state index contributed by atoms with van der Waals surface area (Å²) in [7, 11) is 0.